The second-order valence-electron chi connectivity index (χ2n) is 5.20. The molecule has 0 radical (unpaired) electrons. The lowest BCUT2D eigenvalue weighted by Crippen LogP contribution is -2.39. The Morgan fingerprint density at radius 3 is 2.55 bits per heavy atom. The van der Waals surface area contributed by atoms with Crippen molar-refractivity contribution in [3.8, 4) is 0 Å². The lowest BCUT2D eigenvalue weighted by atomic mass is 9.82. The number of aliphatic carboxylic acids is 1. The van der Waals surface area contributed by atoms with Gasteiger partial charge in [-0.1, -0.05) is 24.3 Å². The van der Waals surface area contributed by atoms with Gasteiger partial charge >= 0.3 is 5.97 Å². The van der Waals surface area contributed by atoms with E-state index in [1.807, 2.05) is 25.1 Å². The van der Waals surface area contributed by atoms with Crippen LogP contribution in [0.4, 0.5) is 5.69 Å². The molecule has 2 aliphatic heterocycles. The molecule has 20 heavy (non-hydrogen) atoms. The molecule has 0 saturated carbocycles. The lowest BCUT2D eigenvalue weighted by molar-refractivity contribution is -0.145. The molecule has 0 unspecified atom stereocenters. The van der Waals surface area contributed by atoms with Gasteiger partial charge in [0.2, 0.25) is 5.91 Å². The summed E-state index contributed by atoms with van der Waals surface area (Å²) < 4.78 is 5.49. The maximum Gasteiger partial charge on any atom is 0.310 e. The Morgan fingerprint density at radius 1 is 1.20 bits per heavy atom. The topological polar surface area (TPSA) is 75.6 Å². The van der Waals surface area contributed by atoms with E-state index in [0.717, 1.165) is 5.56 Å². The Balaban J connectivity index is 1.80. The van der Waals surface area contributed by atoms with Gasteiger partial charge in [-0.25, -0.2) is 0 Å². The highest BCUT2D eigenvalue weighted by Crippen LogP contribution is 2.39. The number of carbonyl (C=O) groups excluding carboxylic acids is 1. The first-order valence-electron chi connectivity index (χ1n) is 6.50. The van der Waals surface area contributed by atoms with Crippen molar-refractivity contribution in [3.05, 3.63) is 42.0 Å². The van der Waals surface area contributed by atoms with Gasteiger partial charge in [0.1, 0.15) is 5.92 Å². The van der Waals surface area contributed by atoms with E-state index in [1.54, 1.807) is 18.2 Å². The van der Waals surface area contributed by atoms with E-state index < -0.39 is 30.0 Å². The van der Waals surface area contributed by atoms with Gasteiger partial charge in [0.05, 0.1) is 18.1 Å². The molecule has 2 N–H and O–H groups in total. The summed E-state index contributed by atoms with van der Waals surface area (Å²) >= 11 is 0. The third-order valence-electron chi connectivity index (χ3n) is 3.77. The Labute approximate surface area is 116 Å². The minimum absolute atomic E-state index is 0.306. The van der Waals surface area contributed by atoms with Crippen LogP contribution >= 0.6 is 0 Å². The van der Waals surface area contributed by atoms with Gasteiger partial charge < -0.3 is 15.2 Å². The first-order valence-corrected chi connectivity index (χ1v) is 6.50. The van der Waals surface area contributed by atoms with E-state index >= 15 is 0 Å². The second-order valence-corrected chi connectivity index (χ2v) is 5.20. The first kappa shape index (κ1) is 12.9. The van der Waals surface area contributed by atoms with E-state index in [-0.39, 0.29) is 5.91 Å². The summed E-state index contributed by atoms with van der Waals surface area (Å²) in [6, 6.07) is 7.40. The number of carboxylic acids is 1. The maximum absolute atomic E-state index is 12.3. The first-order chi connectivity index (χ1) is 9.56. The molecule has 4 atom stereocenters. The van der Waals surface area contributed by atoms with Crippen molar-refractivity contribution in [1.29, 1.82) is 0 Å². The molecule has 2 aliphatic rings. The van der Waals surface area contributed by atoms with Crippen LogP contribution in [0.25, 0.3) is 0 Å². The van der Waals surface area contributed by atoms with E-state index in [4.69, 9.17) is 4.74 Å². The summed E-state index contributed by atoms with van der Waals surface area (Å²) in [4.78, 5) is 23.7. The molecule has 0 aromatic heterocycles. The van der Waals surface area contributed by atoms with Crippen LogP contribution in [-0.4, -0.2) is 29.2 Å². The SMILES string of the molecule is Cc1cccc(NC(=O)[C@@H]2[C@@H](C(=O)O)[C@H]3C=C[C@@H]2O3)c1. The van der Waals surface area contributed by atoms with Crippen LogP contribution in [0.3, 0.4) is 0 Å². The summed E-state index contributed by atoms with van der Waals surface area (Å²) in [5.41, 5.74) is 1.70. The predicted molar refractivity (Wildman–Crippen MR) is 72.2 cm³/mol. The summed E-state index contributed by atoms with van der Waals surface area (Å²) in [6.07, 6.45) is 2.56. The summed E-state index contributed by atoms with van der Waals surface area (Å²) in [5.74, 6) is -2.79. The van der Waals surface area contributed by atoms with Gasteiger partial charge in [-0.2, -0.15) is 0 Å². The maximum atomic E-state index is 12.3. The highest BCUT2D eigenvalue weighted by Gasteiger charge is 2.53. The summed E-state index contributed by atoms with van der Waals surface area (Å²) in [5, 5.41) is 12.0. The van der Waals surface area contributed by atoms with E-state index in [0.29, 0.717) is 5.69 Å². The molecule has 1 amide bonds. The van der Waals surface area contributed by atoms with Gasteiger partial charge in [-0.3, -0.25) is 9.59 Å². The number of hydrogen-bond acceptors (Lipinski definition) is 3. The van der Waals surface area contributed by atoms with Crippen molar-refractivity contribution >= 4 is 17.6 Å². The van der Waals surface area contributed by atoms with Gasteiger partial charge in [0.15, 0.2) is 0 Å². The number of carboxylic acid groups (broad SMARTS) is 1. The number of fused-ring (bicyclic) bond motifs is 2. The van der Waals surface area contributed by atoms with Gasteiger partial charge in [-0.05, 0) is 24.6 Å². The Hall–Kier alpha value is -2.14. The van der Waals surface area contributed by atoms with Crippen molar-refractivity contribution in [3.63, 3.8) is 0 Å². The quantitative estimate of drug-likeness (QED) is 0.820. The highest BCUT2D eigenvalue weighted by atomic mass is 16.5. The molecule has 1 saturated heterocycles. The summed E-state index contributed by atoms with van der Waals surface area (Å²) in [7, 11) is 0. The average Bonchev–Trinajstić information content (AvgIpc) is 2.98. The van der Waals surface area contributed by atoms with Crippen molar-refractivity contribution in [2.75, 3.05) is 5.32 Å². The molecule has 0 aliphatic carbocycles. The number of hydrogen-bond donors (Lipinski definition) is 2. The van der Waals surface area contributed by atoms with Crippen molar-refractivity contribution in [2.45, 2.75) is 19.1 Å². The molecule has 5 heteroatoms. The highest BCUT2D eigenvalue weighted by molar-refractivity contribution is 5.96. The van der Waals surface area contributed by atoms with Crippen LogP contribution < -0.4 is 5.32 Å². The number of benzene rings is 1. The average molecular weight is 273 g/mol. The standard InChI is InChI=1S/C15H15NO4/c1-8-3-2-4-9(7-8)16-14(17)12-10-5-6-11(20-10)13(12)15(18)19/h2-7,10-13H,1H3,(H,16,17)(H,18,19)/t10-,11+,12-,13-/m0/s1. The van der Waals surface area contributed by atoms with Gasteiger partial charge in [0.25, 0.3) is 0 Å². The largest absolute Gasteiger partial charge is 0.481 e. The monoisotopic (exact) mass is 273 g/mol. The molecule has 0 spiro atoms. The fraction of sp³-hybridized carbons (Fsp3) is 0.333. The predicted octanol–water partition coefficient (Wildman–Crippen LogP) is 1.59. The number of aryl methyl sites for hydroxylation is 1. The zero-order valence-electron chi connectivity index (χ0n) is 10.9. The molecule has 1 aromatic rings. The van der Waals surface area contributed by atoms with Crippen molar-refractivity contribution in [2.24, 2.45) is 11.8 Å². The van der Waals surface area contributed by atoms with Crippen LogP contribution in [0, 0.1) is 18.8 Å². The van der Waals surface area contributed by atoms with Crippen LogP contribution in [0.5, 0.6) is 0 Å². The van der Waals surface area contributed by atoms with E-state index in [1.165, 1.54) is 0 Å². The second kappa shape index (κ2) is 4.76. The van der Waals surface area contributed by atoms with Crippen molar-refractivity contribution < 1.29 is 19.4 Å². The lowest BCUT2D eigenvalue weighted by Gasteiger charge is -2.21. The molecule has 2 heterocycles. The third-order valence-corrected chi connectivity index (χ3v) is 3.77. The minimum atomic E-state index is -0.994. The van der Waals surface area contributed by atoms with Crippen LogP contribution in [0.2, 0.25) is 0 Å². The number of anilines is 1. The molecular weight excluding hydrogens is 258 g/mol. The number of rotatable bonds is 3. The molecular formula is C15H15NO4. The Bertz CT molecular complexity index is 595. The van der Waals surface area contributed by atoms with Crippen LogP contribution in [0.1, 0.15) is 5.56 Å². The fourth-order valence-electron chi connectivity index (χ4n) is 2.86. The Morgan fingerprint density at radius 2 is 1.90 bits per heavy atom. The van der Waals surface area contributed by atoms with Crippen molar-refractivity contribution in [1.82, 2.24) is 0 Å². The molecule has 1 aromatic carbocycles. The zero-order valence-corrected chi connectivity index (χ0v) is 10.9. The molecule has 2 bridgehead atoms. The van der Waals surface area contributed by atoms with E-state index in [2.05, 4.69) is 5.32 Å². The van der Waals surface area contributed by atoms with Gasteiger partial charge in [-0.15, -0.1) is 0 Å². The normalized spacial score (nSPS) is 30.4. The zero-order chi connectivity index (χ0) is 14.3. The molecule has 5 nitrogen and oxygen atoms in total. The van der Waals surface area contributed by atoms with Crippen LogP contribution in [-0.2, 0) is 14.3 Å². The Kier molecular flexibility index (Phi) is 3.06. The van der Waals surface area contributed by atoms with Gasteiger partial charge in [0, 0.05) is 5.69 Å². The molecule has 3 rings (SSSR count). The number of carbonyl (C=O) groups is 2. The third kappa shape index (κ3) is 2.10. The molecule has 1 fully saturated rings. The number of amides is 1. The minimum Gasteiger partial charge on any atom is -0.481 e. The summed E-state index contributed by atoms with van der Waals surface area (Å²) in [6.45, 7) is 1.93. The fourth-order valence-corrected chi connectivity index (χ4v) is 2.86. The smallest absolute Gasteiger partial charge is 0.310 e. The molecule has 104 valence electrons. The number of ether oxygens (including phenoxy) is 1. The number of nitrogens with one attached hydrogen (secondary N) is 1. The van der Waals surface area contributed by atoms with E-state index in [9.17, 15) is 14.7 Å². The van der Waals surface area contributed by atoms with Crippen LogP contribution in [0.15, 0.2) is 36.4 Å².